The first-order chi connectivity index (χ1) is 18.5. The predicted octanol–water partition coefficient (Wildman–Crippen LogP) is 5.03. The first-order valence-electron chi connectivity index (χ1n) is 13.6. The molecule has 1 aromatic heterocycles. The number of fused-ring (bicyclic) bond motifs is 3. The van der Waals surface area contributed by atoms with Gasteiger partial charge in [0.1, 0.15) is 0 Å². The lowest BCUT2D eigenvalue weighted by molar-refractivity contribution is -0.150. The highest BCUT2D eigenvalue weighted by atomic mass is 16.7. The van der Waals surface area contributed by atoms with Crippen LogP contribution in [0, 0.1) is 11.8 Å². The molecule has 2 bridgehead atoms. The van der Waals surface area contributed by atoms with Gasteiger partial charge in [0.15, 0.2) is 5.76 Å². The zero-order valence-electron chi connectivity index (χ0n) is 21.6. The molecule has 5 atom stereocenters. The second-order valence-corrected chi connectivity index (χ2v) is 11.0. The molecule has 3 unspecified atom stereocenters. The SMILES string of the molecule is CC(=O)n1cc([C@H]2C=C(C(=O)NC3CC4CCC3C4)O[C@@H](OCc3ccc(CO)cc3)C2)c2ccccc21. The Morgan fingerprint density at radius 3 is 2.55 bits per heavy atom. The van der Waals surface area contributed by atoms with Crippen LogP contribution in [-0.2, 0) is 27.5 Å². The highest BCUT2D eigenvalue weighted by Crippen LogP contribution is 2.44. The Hall–Kier alpha value is -3.42. The molecular weight excluding hydrogens is 480 g/mol. The largest absolute Gasteiger partial charge is 0.459 e. The van der Waals surface area contributed by atoms with Crippen LogP contribution in [0.15, 0.2) is 66.6 Å². The molecule has 2 aliphatic carbocycles. The van der Waals surface area contributed by atoms with E-state index in [4.69, 9.17) is 9.47 Å². The van der Waals surface area contributed by atoms with Crippen molar-refractivity contribution in [3.8, 4) is 0 Å². The van der Waals surface area contributed by atoms with Gasteiger partial charge in [-0.25, -0.2) is 0 Å². The van der Waals surface area contributed by atoms with E-state index in [-0.39, 0.29) is 36.1 Å². The normalized spacial score (nSPS) is 26.3. The quantitative estimate of drug-likeness (QED) is 0.462. The van der Waals surface area contributed by atoms with Crippen molar-refractivity contribution in [1.82, 2.24) is 9.88 Å². The highest BCUT2D eigenvalue weighted by molar-refractivity contribution is 5.95. The molecule has 3 aromatic rings. The van der Waals surface area contributed by atoms with Crippen LogP contribution in [0.2, 0.25) is 0 Å². The molecule has 7 nitrogen and oxygen atoms in total. The summed E-state index contributed by atoms with van der Waals surface area (Å²) < 4.78 is 14.0. The van der Waals surface area contributed by atoms with Crippen LogP contribution in [0.25, 0.3) is 10.9 Å². The molecule has 0 radical (unpaired) electrons. The van der Waals surface area contributed by atoms with Crippen molar-refractivity contribution < 1.29 is 24.2 Å². The fourth-order valence-corrected chi connectivity index (χ4v) is 6.49. The Bertz CT molecular complexity index is 1370. The molecule has 2 N–H and O–H groups in total. The number of aliphatic hydroxyl groups excluding tert-OH is 1. The fraction of sp³-hybridized carbons (Fsp3) is 0.419. The lowest BCUT2D eigenvalue weighted by Gasteiger charge is -2.30. The number of nitrogens with zero attached hydrogens (tertiary/aromatic N) is 1. The number of amides is 1. The lowest BCUT2D eigenvalue weighted by Crippen LogP contribution is -2.41. The van der Waals surface area contributed by atoms with Gasteiger partial charge in [-0.15, -0.1) is 0 Å². The maximum Gasteiger partial charge on any atom is 0.286 e. The molecule has 2 aromatic carbocycles. The van der Waals surface area contributed by atoms with Crippen LogP contribution >= 0.6 is 0 Å². The predicted molar refractivity (Wildman–Crippen MR) is 143 cm³/mol. The highest BCUT2D eigenvalue weighted by Gasteiger charge is 2.41. The van der Waals surface area contributed by atoms with Gasteiger partial charge in [0.05, 0.1) is 18.7 Å². The molecule has 2 saturated carbocycles. The molecule has 0 saturated heterocycles. The zero-order valence-corrected chi connectivity index (χ0v) is 21.6. The Labute approximate surface area is 222 Å². The van der Waals surface area contributed by atoms with Crippen LogP contribution in [-0.4, -0.2) is 33.8 Å². The molecule has 3 aliphatic rings. The number of aromatic nitrogens is 1. The number of aliphatic hydroxyl groups is 1. The number of carbonyl (C=O) groups excluding carboxylic acids is 2. The van der Waals surface area contributed by atoms with E-state index >= 15 is 0 Å². The average molecular weight is 515 g/mol. The number of nitrogens with one attached hydrogen (secondary N) is 1. The summed E-state index contributed by atoms with van der Waals surface area (Å²) in [6.45, 7) is 1.87. The molecule has 1 amide bonds. The van der Waals surface area contributed by atoms with Gasteiger partial charge in [0.2, 0.25) is 12.2 Å². The first kappa shape index (κ1) is 24.9. The number of hydrogen-bond acceptors (Lipinski definition) is 5. The second kappa shape index (κ2) is 10.4. The van der Waals surface area contributed by atoms with E-state index < -0.39 is 6.29 Å². The summed E-state index contributed by atoms with van der Waals surface area (Å²) >= 11 is 0. The van der Waals surface area contributed by atoms with Crippen LogP contribution in [0.4, 0.5) is 0 Å². The Kier molecular flexibility index (Phi) is 6.80. The number of rotatable bonds is 7. The summed E-state index contributed by atoms with van der Waals surface area (Å²) in [5, 5.41) is 13.5. The van der Waals surface area contributed by atoms with Crippen molar-refractivity contribution in [3.05, 3.63) is 83.3 Å². The van der Waals surface area contributed by atoms with Crippen molar-refractivity contribution in [1.29, 1.82) is 0 Å². The molecular formula is C31H34N2O5. The topological polar surface area (TPSA) is 89.8 Å². The van der Waals surface area contributed by atoms with E-state index in [2.05, 4.69) is 5.32 Å². The molecule has 6 rings (SSSR count). The van der Waals surface area contributed by atoms with Crippen LogP contribution in [0.1, 0.15) is 66.4 Å². The number of hydrogen-bond donors (Lipinski definition) is 2. The van der Waals surface area contributed by atoms with Gasteiger partial charge in [0, 0.05) is 36.9 Å². The maximum absolute atomic E-state index is 13.4. The van der Waals surface area contributed by atoms with Gasteiger partial charge in [-0.3, -0.25) is 14.2 Å². The third-order valence-corrected chi connectivity index (χ3v) is 8.46. The molecule has 38 heavy (non-hydrogen) atoms. The minimum absolute atomic E-state index is 0.00567. The van der Waals surface area contributed by atoms with E-state index in [9.17, 15) is 14.7 Å². The van der Waals surface area contributed by atoms with Crippen molar-refractivity contribution in [2.75, 3.05) is 0 Å². The van der Waals surface area contributed by atoms with Crippen molar-refractivity contribution in [3.63, 3.8) is 0 Å². The third kappa shape index (κ3) is 4.88. The van der Waals surface area contributed by atoms with Gasteiger partial charge < -0.3 is 19.9 Å². The molecule has 2 fully saturated rings. The van der Waals surface area contributed by atoms with Gasteiger partial charge in [0.25, 0.3) is 5.91 Å². The molecule has 1 aliphatic heterocycles. The van der Waals surface area contributed by atoms with Crippen LogP contribution in [0.3, 0.4) is 0 Å². The fourth-order valence-electron chi connectivity index (χ4n) is 6.49. The summed E-state index contributed by atoms with van der Waals surface area (Å²) in [6.07, 6.45) is 8.38. The van der Waals surface area contributed by atoms with Gasteiger partial charge >= 0.3 is 0 Å². The minimum Gasteiger partial charge on any atom is -0.459 e. The Balaban J connectivity index is 1.27. The maximum atomic E-state index is 13.4. The number of carbonyl (C=O) groups is 2. The van der Waals surface area contributed by atoms with Gasteiger partial charge in [-0.2, -0.15) is 0 Å². The van der Waals surface area contributed by atoms with Crippen molar-refractivity contribution in [2.24, 2.45) is 11.8 Å². The summed E-state index contributed by atoms with van der Waals surface area (Å²) in [5.74, 6) is 1.16. The van der Waals surface area contributed by atoms with E-state index in [0.717, 1.165) is 39.9 Å². The van der Waals surface area contributed by atoms with Crippen molar-refractivity contribution in [2.45, 2.75) is 70.5 Å². The monoisotopic (exact) mass is 514 g/mol. The lowest BCUT2D eigenvalue weighted by atomic mass is 9.92. The van der Waals surface area contributed by atoms with E-state index in [0.29, 0.717) is 18.9 Å². The minimum atomic E-state index is -0.622. The number of allylic oxidation sites excluding steroid dienone is 1. The average Bonchev–Trinajstić information content (AvgIpc) is 3.66. The van der Waals surface area contributed by atoms with Crippen LogP contribution < -0.4 is 5.32 Å². The van der Waals surface area contributed by atoms with E-state index in [1.54, 1.807) is 11.5 Å². The molecule has 198 valence electrons. The molecule has 2 heterocycles. The Morgan fingerprint density at radius 2 is 1.84 bits per heavy atom. The summed E-state index contributed by atoms with van der Waals surface area (Å²) in [5.41, 5.74) is 3.62. The molecule has 7 heteroatoms. The summed E-state index contributed by atoms with van der Waals surface area (Å²) in [7, 11) is 0. The second-order valence-electron chi connectivity index (χ2n) is 11.0. The van der Waals surface area contributed by atoms with Gasteiger partial charge in [-0.1, -0.05) is 48.9 Å². The number of para-hydroxylation sites is 1. The van der Waals surface area contributed by atoms with Crippen molar-refractivity contribution >= 4 is 22.7 Å². The first-order valence-corrected chi connectivity index (χ1v) is 13.6. The number of ether oxygens (including phenoxy) is 2. The smallest absolute Gasteiger partial charge is 0.286 e. The summed E-state index contributed by atoms with van der Waals surface area (Å²) in [6, 6.07) is 15.6. The Morgan fingerprint density at radius 1 is 1.05 bits per heavy atom. The standard InChI is InChI=1S/C31H34N2O5/c1-19(35)33-16-26(25-4-2-3-5-28(25)33)24-14-29(31(36)32-27-13-22-10-11-23(27)12-22)38-30(15-24)37-18-21-8-6-20(17-34)7-9-21/h2-9,14,16,22-24,27,30,34H,10-13,15,17-18H2,1H3,(H,32,36)/t22?,23?,24-,27?,30+/m0/s1. The summed E-state index contributed by atoms with van der Waals surface area (Å²) in [4.78, 5) is 25.8. The van der Waals surface area contributed by atoms with Gasteiger partial charge in [-0.05, 0) is 59.9 Å². The molecule has 0 spiro atoms. The van der Waals surface area contributed by atoms with E-state index in [1.165, 1.54) is 19.3 Å². The zero-order chi connectivity index (χ0) is 26.2. The third-order valence-electron chi connectivity index (χ3n) is 8.46. The van der Waals surface area contributed by atoms with Crippen LogP contribution in [0.5, 0.6) is 0 Å². The number of benzene rings is 2. The van der Waals surface area contributed by atoms with E-state index in [1.807, 2.05) is 60.8 Å².